The van der Waals surface area contributed by atoms with Crippen LogP contribution >= 0.6 is 0 Å². The summed E-state index contributed by atoms with van der Waals surface area (Å²) >= 11 is 0. The predicted molar refractivity (Wildman–Crippen MR) is 81.3 cm³/mol. The van der Waals surface area contributed by atoms with Gasteiger partial charge in [-0.15, -0.1) is 0 Å². The van der Waals surface area contributed by atoms with Crippen molar-refractivity contribution in [2.45, 2.75) is 6.54 Å². The Labute approximate surface area is 120 Å². The van der Waals surface area contributed by atoms with Gasteiger partial charge >= 0.3 is 5.97 Å². The number of carbonyl (C=O) groups is 1. The van der Waals surface area contributed by atoms with Crippen molar-refractivity contribution in [2.75, 3.05) is 0 Å². The molecule has 0 aliphatic carbocycles. The fourth-order valence-electron chi connectivity index (χ4n) is 2.44. The van der Waals surface area contributed by atoms with Crippen molar-refractivity contribution >= 4 is 16.9 Å². The van der Waals surface area contributed by atoms with E-state index in [9.17, 15) is 9.59 Å². The molecule has 0 unspecified atom stereocenters. The van der Waals surface area contributed by atoms with Gasteiger partial charge in [0.15, 0.2) is 0 Å². The Balaban J connectivity index is 2.35. The molecule has 0 aliphatic heterocycles. The van der Waals surface area contributed by atoms with Gasteiger partial charge in [-0.25, -0.2) is 0 Å². The minimum atomic E-state index is -1.03. The third kappa shape index (κ3) is 2.43. The van der Waals surface area contributed by atoms with Crippen molar-refractivity contribution in [1.29, 1.82) is 0 Å². The molecular formula is C17H13NO3. The van der Waals surface area contributed by atoms with E-state index in [0.29, 0.717) is 11.1 Å². The molecule has 0 amide bonds. The average Bonchev–Trinajstić information content (AvgIpc) is 2.50. The van der Waals surface area contributed by atoms with Crippen molar-refractivity contribution in [3.05, 3.63) is 71.0 Å². The standard InChI is InChI=1S/C17H13NO3/c19-16(20)11-18-15-9-5-4-8-13(15)10-14(17(18)21)12-6-2-1-3-7-12/h1-10H,11H2,(H,19,20). The SMILES string of the molecule is O=C(O)Cn1c(=O)c(-c2ccccc2)cc2ccccc21. The normalized spacial score (nSPS) is 10.7. The van der Waals surface area contributed by atoms with E-state index < -0.39 is 5.97 Å². The van der Waals surface area contributed by atoms with Gasteiger partial charge in [-0.3, -0.25) is 14.2 Å². The Morgan fingerprint density at radius 2 is 1.67 bits per heavy atom. The van der Waals surface area contributed by atoms with Crippen molar-refractivity contribution in [1.82, 2.24) is 4.57 Å². The first kappa shape index (κ1) is 13.1. The minimum absolute atomic E-state index is 0.290. The van der Waals surface area contributed by atoms with E-state index in [2.05, 4.69) is 0 Å². The summed E-state index contributed by atoms with van der Waals surface area (Å²) in [5, 5.41) is 9.90. The van der Waals surface area contributed by atoms with Crippen LogP contribution in [-0.4, -0.2) is 15.6 Å². The quantitative estimate of drug-likeness (QED) is 0.802. The summed E-state index contributed by atoms with van der Waals surface area (Å²) in [5.74, 6) is -1.03. The number of aromatic nitrogens is 1. The van der Waals surface area contributed by atoms with Crippen LogP contribution in [0.5, 0.6) is 0 Å². The molecule has 3 aromatic rings. The Morgan fingerprint density at radius 3 is 2.38 bits per heavy atom. The van der Waals surface area contributed by atoms with Crippen molar-refractivity contribution in [3.8, 4) is 11.1 Å². The van der Waals surface area contributed by atoms with Crippen LogP contribution in [0, 0.1) is 0 Å². The minimum Gasteiger partial charge on any atom is -0.480 e. The molecule has 0 atom stereocenters. The number of para-hydroxylation sites is 1. The van der Waals surface area contributed by atoms with E-state index in [-0.39, 0.29) is 12.1 Å². The first-order valence-corrected chi connectivity index (χ1v) is 6.56. The van der Waals surface area contributed by atoms with Crippen LogP contribution in [0.1, 0.15) is 0 Å². The van der Waals surface area contributed by atoms with Gasteiger partial charge in [0.1, 0.15) is 6.54 Å². The van der Waals surface area contributed by atoms with Gasteiger partial charge in [-0.05, 0) is 23.1 Å². The van der Waals surface area contributed by atoms with E-state index in [0.717, 1.165) is 10.9 Å². The Morgan fingerprint density at radius 1 is 1.00 bits per heavy atom. The largest absolute Gasteiger partial charge is 0.480 e. The Bertz CT molecular complexity index is 866. The smallest absolute Gasteiger partial charge is 0.323 e. The second-order valence-electron chi connectivity index (χ2n) is 4.77. The van der Waals surface area contributed by atoms with E-state index in [1.54, 1.807) is 12.1 Å². The third-order valence-electron chi connectivity index (χ3n) is 3.38. The van der Waals surface area contributed by atoms with Crippen molar-refractivity contribution in [3.63, 3.8) is 0 Å². The number of fused-ring (bicyclic) bond motifs is 1. The van der Waals surface area contributed by atoms with Crippen LogP contribution < -0.4 is 5.56 Å². The molecule has 0 saturated carbocycles. The Kier molecular flexibility index (Phi) is 3.28. The van der Waals surface area contributed by atoms with Gasteiger partial charge in [0.05, 0.1) is 5.52 Å². The summed E-state index contributed by atoms with van der Waals surface area (Å²) in [6, 6.07) is 18.4. The van der Waals surface area contributed by atoms with Crippen LogP contribution in [0.15, 0.2) is 65.5 Å². The molecule has 0 bridgehead atoms. The average molecular weight is 279 g/mol. The van der Waals surface area contributed by atoms with Gasteiger partial charge in [0, 0.05) is 5.56 Å². The van der Waals surface area contributed by atoms with Gasteiger partial charge in [-0.2, -0.15) is 0 Å². The molecule has 0 saturated heterocycles. The molecule has 0 fully saturated rings. The monoisotopic (exact) mass is 279 g/mol. The van der Waals surface area contributed by atoms with Gasteiger partial charge in [-0.1, -0.05) is 48.5 Å². The van der Waals surface area contributed by atoms with Crippen LogP contribution in [0.2, 0.25) is 0 Å². The maximum atomic E-state index is 12.6. The number of hydrogen-bond donors (Lipinski definition) is 1. The molecule has 0 aliphatic rings. The zero-order valence-corrected chi connectivity index (χ0v) is 11.2. The zero-order chi connectivity index (χ0) is 14.8. The molecule has 4 heteroatoms. The molecule has 0 spiro atoms. The second kappa shape index (κ2) is 5.25. The van der Waals surface area contributed by atoms with E-state index in [4.69, 9.17) is 5.11 Å². The molecule has 104 valence electrons. The molecule has 4 nitrogen and oxygen atoms in total. The summed E-state index contributed by atoms with van der Waals surface area (Å²) in [6.45, 7) is -0.347. The van der Waals surface area contributed by atoms with Gasteiger partial charge in [0.2, 0.25) is 0 Å². The molecule has 3 rings (SSSR count). The van der Waals surface area contributed by atoms with Gasteiger partial charge < -0.3 is 5.11 Å². The lowest BCUT2D eigenvalue weighted by Gasteiger charge is -2.11. The molecule has 1 aromatic heterocycles. The summed E-state index contributed by atoms with van der Waals surface area (Å²) in [4.78, 5) is 23.7. The lowest BCUT2D eigenvalue weighted by molar-refractivity contribution is -0.137. The van der Waals surface area contributed by atoms with Crippen LogP contribution in [0.25, 0.3) is 22.0 Å². The predicted octanol–water partition coefficient (Wildman–Crippen LogP) is 2.75. The second-order valence-corrected chi connectivity index (χ2v) is 4.77. The number of pyridine rings is 1. The highest BCUT2D eigenvalue weighted by Crippen LogP contribution is 2.20. The lowest BCUT2D eigenvalue weighted by atomic mass is 10.0. The number of carboxylic acids is 1. The summed E-state index contributed by atoms with van der Waals surface area (Å²) in [6.07, 6.45) is 0. The molecule has 2 aromatic carbocycles. The lowest BCUT2D eigenvalue weighted by Crippen LogP contribution is -2.25. The topological polar surface area (TPSA) is 59.3 Å². The number of carboxylic acid groups (broad SMARTS) is 1. The Hall–Kier alpha value is -2.88. The fourth-order valence-corrected chi connectivity index (χ4v) is 2.44. The van der Waals surface area contributed by atoms with Crippen molar-refractivity contribution < 1.29 is 9.90 Å². The highest BCUT2D eigenvalue weighted by molar-refractivity contribution is 5.85. The van der Waals surface area contributed by atoms with E-state index >= 15 is 0 Å². The summed E-state index contributed by atoms with van der Waals surface area (Å²) < 4.78 is 1.31. The van der Waals surface area contributed by atoms with E-state index in [1.165, 1.54) is 4.57 Å². The molecule has 21 heavy (non-hydrogen) atoms. The number of hydrogen-bond acceptors (Lipinski definition) is 2. The van der Waals surface area contributed by atoms with Crippen LogP contribution in [0.4, 0.5) is 0 Å². The number of benzene rings is 2. The maximum absolute atomic E-state index is 12.6. The first-order valence-electron chi connectivity index (χ1n) is 6.56. The van der Waals surface area contributed by atoms with Crippen LogP contribution in [-0.2, 0) is 11.3 Å². The van der Waals surface area contributed by atoms with E-state index in [1.807, 2.05) is 48.5 Å². The molecule has 0 radical (unpaired) electrons. The number of rotatable bonds is 3. The highest BCUT2D eigenvalue weighted by atomic mass is 16.4. The fraction of sp³-hybridized carbons (Fsp3) is 0.0588. The number of aliphatic carboxylic acids is 1. The molecule has 1 N–H and O–H groups in total. The maximum Gasteiger partial charge on any atom is 0.323 e. The zero-order valence-electron chi connectivity index (χ0n) is 11.2. The number of nitrogens with zero attached hydrogens (tertiary/aromatic N) is 1. The van der Waals surface area contributed by atoms with Gasteiger partial charge in [0.25, 0.3) is 5.56 Å². The van der Waals surface area contributed by atoms with Crippen LogP contribution in [0.3, 0.4) is 0 Å². The summed E-state index contributed by atoms with van der Waals surface area (Å²) in [5.41, 5.74) is 1.63. The highest BCUT2D eigenvalue weighted by Gasteiger charge is 2.12. The summed E-state index contributed by atoms with van der Waals surface area (Å²) in [7, 11) is 0. The molecular weight excluding hydrogens is 266 g/mol. The first-order chi connectivity index (χ1) is 10.2. The molecule has 1 heterocycles. The van der Waals surface area contributed by atoms with Crippen molar-refractivity contribution in [2.24, 2.45) is 0 Å². The third-order valence-corrected chi connectivity index (χ3v) is 3.38.